The number of amides is 2. The second kappa shape index (κ2) is 15.2. The normalized spacial score (nSPS) is 12.7. The van der Waals surface area contributed by atoms with Crippen molar-refractivity contribution < 1.29 is 18.0 Å². The Morgan fingerprint density at radius 3 is 2.09 bits per heavy atom. The van der Waals surface area contributed by atoms with Gasteiger partial charge in [0.1, 0.15) is 12.6 Å². The monoisotopic (exact) mass is 639 g/mol. The van der Waals surface area contributed by atoms with E-state index >= 15 is 0 Å². The first-order chi connectivity index (χ1) is 21.9. The van der Waals surface area contributed by atoms with Gasteiger partial charge in [-0.15, -0.1) is 0 Å². The Kier molecular flexibility index (Phi) is 11.4. The summed E-state index contributed by atoms with van der Waals surface area (Å²) < 4.78 is 29.8. The van der Waals surface area contributed by atoms with Gasteiger partial charge in [-0.25, -0.2) is 8.42 Å². The van der Waals surface area contributed by atoms with E-state index in [4.69, 9.17) is 0 Å². The Hall–Kier alpha value is -4.43. The van der Waals surface area contributed by atoms with Crippen molar-refractivity contribution in [2.75, 3.05) is 10.8 Å². The van der Waals surface area contributed by atoms with Gasteiger partial charge in [-0.2, -0.15) is 0 Å². The second-order valence-electron chi connectivity index (χ2n) is 12.1. The van der Waals surface area contributed by atoms with Crippen molar-refractivity contribution in [1.82, 2.24) is 10.2 Å². The second-order valence-corrected chi connectivity index (χ2v) is 13.9. The lowest BCUT2D eigenvalue weighted by molar-refractivity contribution is -0.140. The maximum Gasteiger partial charge on any atom is 0.264 e. The SMILES string of the molecule is CC[C@H](C)NC(=O)[C@@H](Cc1ccccc1)N(Cc1cccc(C)c1)C(=O)CN(c1cccc(C)c1C)S(=O)(=O)c1ccc(C)cc1. The number of rotatable bonds is 13. The van der Waals surface area contributed by atoms with Crippen LogP contribution in [-0.4, -0.2) is 43.8 Å². The molecule has 2 amide bonds. The minimum Gasteiger partial charge on any atom is -0.352 e. The van der Waals surface area contributed by atoms with E-state index in [1.54, 1.807) is 41.3 Å². The van der Waals surface area contributed by atoms with E-state index in [9.17, 15) is 18.0 Å². The van der Waals surface area contributed by atoms with Crippen LogP contribution >= 0.6 is 0 Å². The number of sulfonamides is 1. The van der Waals surface area contributed by atoms with Crippen LogP contribution in [-0.2, 0) is 32.6 Å². The van der Waals surface area contributed by atoms with Gasteiger partial charge in [-0.1, -0.05) is 96.9 Å². The van der Waals surface area contributed by atoms with E-state index in [1.165, 1.54) is 4.31 Å². The minimum atomic E-state index is -4.16. The predicted molar refractivity (Wildman–Crippen MR) is 185 cm³/mol. The molecule has 0 aromatic heterocycles. The van der Waals surface area contributed by atoms with Crippen molar-refractivity contribution in [2.45, 2.75) is 77.9 Å². The molecule has 1 N–H and O–H groups in total. The highest BCUT2D eigenvalue weighted by atomic mass is 32.2. The average molecular weight is 640 g/mol. The topological polar surface area (TPSA) is 86.8 Å². The van der Waals surface area contributed by atoms with Crippen LogP contribution in [0.2, 0.25) is 0 Å². The lowest BCUT2D eigenvalue weighted by Crippen LogP contribution is -2.54. The summed E-state index contributed by atoms with van der Waals surface area (Å²) in [6.45, 7) is 11.2. The summed E-state index contributed by atoms with van der Waals surface area (Å²) in [5, 5.41) is 3.08. The summed E-state index contributed by atoms with van der Waals surface area (Å²) in [5.41, 5.74) is 5.77. The Morgan fingerprint density at radius 1 is 0.783 bits per heavy atom. The van der Waals surface area contributed by atoms with E-state index in [1.807, 2.05) is 102 Å². The maximum atomic E-state index is 14.7. The Balaban J connectivity index is 1.84. The maximum absolute atomic E-state index is 14.7. The Labute approximate surface area is 274 Å². The van der Waals surface area contributed by atoms with Crippen molar-refractivity contribution in [2.24, 2.45) is 0 Å². The molecule has 8 heteroatoms. The molecule has 242 valence electrons. The van der Waals surface area contributed by atoms with Crippen LogP contribution in [0, 0.1) is 27.7 Å². The van der Waals surface area contributed by atoms with E-state index in [0.29, 0.717) is 5.69 Å². The molecular weight excluding hydrogens is 595 g/mol. The summed E-state index contributed by atoms with van der Waals surface area (Å²) in [6, 6.07) is 28.5. The van der Waals surface area contributed by atoms with Gasteiger partial charge in [0.05, 0.1) is 10.6 Å². The fraction of sp³-hybridized carbons (Fsp3) is 0.316. The lowest BCUT2D eigenvalue weighted by atomic mass is 10.0. The molecule has 0 unspecified atom stereocenters. The quantitative estimate of drug-likeness (QED) is 0.177. The molecule has 4 aromatic rings. The number of hydrogen-bond donors (Lipinski definition) is 1. The molecule has 0 fully saturated rings. The molecule has 0 radical (unpaired) electrons. The third-order valence-corrected chi connectivity index (χ3v) is 10.2. The van der Waals surface area contributed by atoms with Gasteiger partial charge >= 0.3 is 0 Å². The van der Waals surface area contributed by atoms with Crippen LogP contribution in [0.15, 0.2) is 102 Å². The number of hydrogen-bond acceptors (Lipinski definition) is 4. The summed E-state index contributed by atoms with van der Waals surface area (Å²) in [6.07, 6.45) is 1.000. The first-order valence-corrected chi connectivity index (χ1v) is 17.2. The molecule has 0 saturated heterocycles. The van der Waals surface area contributed by atoms with Gasteiger partial charge in [0.25, 0.3) is 10.0 Å². The van der Waals surface area contributed by atoms with Gasteiger partial charge in [-0.05, 0) is 81.5 Å². The molecule has 0 spiro atoms. The Morgan fingerprint density at radius 2 is 1.43 bits per heavy atom. The van der Waals surface area contributed by atoms with Crippen LogP contribution in [0.1, 0.15) is 53.6 Å². The average Bonchev–Trinajstić information content (AvgIpc) is 3.03. The number of nitrogens with one attached hydrogen (secondary N) is 1. The molecule has 2 atom stereocenters. The molecular formula is C38H45N3O4S. The van der Waals surface area contributed by atoms with E-state index in [2.05, 4.69) is 5.32 Å². The van der Waals surface area contributed by atoms with Crippen LogP contribution in [0.4, 0.5) is 5.69 Å². The van der Waals surface area contributed by atoms with Crippen molar-refractivity contribution in [3.8, 4) is 0 Å². The standard InChI is InChI=1S/C38H45N3O4S/c1-7-30(5)39-38(43)36(24-32-15-9-8-10-16-32)40(25-33-17-11-13-28(3)23-33)37(42)26-41(35-18-12-14-29(4)31(35)6)46(44,45)34-21-19-27(2)20-22-34/h8-23,30,36H,7,24-26H2,1-6H3,(H,39,43)/t30-,36+/m0/s1. The molecule has 46 heavy (non-hydrogen) atoms. The summed E-state index contributed by atoms with van der Waals surface area (Å²) in [5.74, 6) is -0.753. The highest BCUT2D eigenvalue weighted by Crippen LogP contribution is 2.29. The highest BCUT2D eigenvalue weighted by Gasteiger charge is 2.35. The molecule has 0 aliphatic rings. The van der Waals surface area contributed by atoms with Crippen molar-refractivity contribution in [1.29, 1.82) is 0 Å². The predicted octanol–water partition coefficient (Wildman–Crippen LogP) is 6.67. The molecule has 4 rings (SSSR count). The number of nitrogens with zero attached hydrogens (tertiary/aromatic N) is 2. The minimum absolute atomic E-state index is 0.0902. The third-order valence-electron chi connectivity index (χ3n) is 8.44. The van der Waals surface area contributed by atoms with Gasteiger partial charge in [0.15, 0.2) is 0 Å². The summed E-state index contributed by atoms with van der Waals surface area (Å²) in [4.78, 5) is 30.3. The van der Waals surface area contributed by atoms with Gasteiger partial charge in [0.2, 0.25) is 11.8 Å². The largest absolute Gasteiger partial charge is 0.352 e. The molecule has 0 bridgehead atoms. The fourth-order valence-corrected chi connectivity index (χ4v) is 6.83. The van der Waals surface area contributed by atoms with Crippen molar-refractivity contribution in [3.05, 3.63) is 130 Å². The number of carbonyl (C=O) groups excluding carboxylic acids is 2. The zero-order valence-electron chi connectivity index (χ0n) is 27.7. The molecule has 0 aliphatic heterocycles. The number of benzene rings is 4. The molecule has 0 heterocycles. The van der Waals surface area contributed by atoms with Crippen molar-refractivity contribution >= 4 is 27.5 Å². The number of carbonyl (C=O) groups is 2. The van der Waals surface area contributed by atoms with E-state index < -0.39 is 28.5 Å². The first-order valence-electron chi connectivity index (χ1n) is 15.8. The Bertz CT molecular complexity index is 1750. The number of aryl methyl sites for hydroxylation is 3. The summed E-state index contributed by atoms with van der Waals surface area (Å²) >= 11 is 0. The molecule has 0 saturated carbocycles. The third kappa shape index (κ3) is 8.43. The van der Waals surface area contributed by atoms with Gasteiger partial charge in [-0.3, -0.25) is 13.9 Å². The van der Waals surface area contributed by atoms with Crippen molar-refractivity contribution in [3.63, 3.8) is 0 Å². The fourth-order valence-electron chi connectivity index (χ4n) is 5.36. The summed E-state index contributed by atoms with van der Waals surface area (Å²) in [7, 11) is -4.16. The van der Waals surface area contributed by atoms with Crippen LogP contribution in [0.5, 0.6) is 0 Å². The lowest BCUT2D eigenvalue weighted by Gasteiger charge is -2.34. The van der Waals surface area contributed by atoms with E-state index in [-0.39, 0.29) is 29.8 Å². The van der Waals surface area contributed by atoms with Crippen LogP contribution < -0.4 is 9.62 Å². The molecule has 7 nitrogen and oxygen atoms in total. The molecule has 4 aromatic carbocycles. The zero-order valence-corrected chi connectivity index (χ0v) is 28.5. The first kappa shape index (κ1) is 34.4. The van der Waals surface area contributed by atoms with E-state index in [0.717, 1.165) is 39.8 Å². The number of anilines is 1. The van der Waals surface area contributed by atoms with Crippen LogP contribution in [0.25, 0.3) is 0 Å². The highest BCUT2D eigenvalue weighted by molar-refractivity contribution is 7.92. The zero-order chi connectivity index (χ0) is 33.4. The van der Waals surface area contributed by atoms with Crippen LogP contribution in [0.3, 0.4) is 0 Å². The molecule has 0 aliphatic carbocycles. The van der Waals surface area contributed by atoms with Gasteiger partial charge in [0, 0.05) is 19.0 Å². The smallest absolute Gasteiger partial charge is 0.264 e. The van der Waals surface area contributed by atoms with Gasteiger partial charge < -0.3 is 10.2 Å².